The average molecular weight is 340 g/mol. The number of aromatic nitrogens is 4. The Balaban J connectivity index is 1.99. The van der Waals surface area contributed by atoms with Crippen molar-refractivity contribution in [2.45, 2.75) is 0 Å². The molecule has 0 bridgehead atoms. The summed E-state index contributed by atoms with van der Waals surface area (Å²) in [4.78, 5) is 36.0. The number of carbonyl (C=O) groups is 2. The van der Waals surface area contributed by atoms with E-state index < -0.39 is 23.2 Å². The first-order chi connectivity index (χ1) is 12.0. The van der Waals surface area contributed by atoms with Gasteiger partial charge in [-0.3, -0.25) is 28.8 Å². The van der Waals surface area contributed by atoms with Crippen molar-refractivity contribution in [3.8, 4) is 11.4 Å². The number of nitrogens with one attached hydrogen (secondary N) is 1. The Morgan fingerprint density at radius 3 is 2.48 bits per heavy atom. The first kappa shape index (κ1) is 14.8. The number of rotatable bonds is 2. The van der Waals surface area contributed by atoms with Crippen molar-refractivity contribution in [1.82, 2.24) is 24.6 Å². The fraction of sp³-hybridized carbons (Fsp3) is 0. The maximum absolute atomic E-state index is 14.4. The zero-order valence-electron chi connectivity index (χ0n) is 12.4. The van der Waals surface area contributed by atoms with E-state index in [-0.39, 0.29) is 22.6 Å². The number of nitrogen functional groups attached to an aromatic ring is 1. The number of hydrogen-bond donors (Lipinski definition) is 2. The summed E-state index contributed by atoms with van der Waals surface area (Å²) >= 11 is 0. The van der Waals surface area contributed by atoms with Crippen LogP contribution in [-0.4, -0.2) is 31.1 Å². The Labute approximate surface area is 138 Å². The quantitative estimate of drug-likeness (QED) is 0.634. The molecule has 1 aromatic carbocycles. The molecule has 25 heavy (non-hydrogen) atoms. The molecule has 2 amide bonds. The van der Waals surface area contributed by atoms with Crippen LogP contribution >= 0.6 is 0 Å². The van der Waals surface area contributed by atoms with E-state index in [1.54, 1.807) is 0 Å². The molecule has 10 heteroatoms. The van der Waals surface area contributed by atoms with Gasteiger partial charge in [-0.05, 0) is 18.2 Å². The number of nitrogens with two attached hydrogens (primary N) is 1. The number of imide groups is 1. The summed E-state index contributed by atoms with van der Waals surface area (Å²) in [5.41, 5.74) is 5.21. The van der Waals surface area contributed by atoms with Crippen LogP contribution in [0, 0.1) is 5.82 Å². The highest BCUT2D eigenvalue weighted by Crippen LogP contribution is 2.25. The fourth-order valence-electron chi connectivity index (χ4n) is 2.69. The highest BCUT2D eigenvalue weighted by molar-refractivity contribution is 6.23. The fourth-order valence-corrected chi connectivity index (χ4v) is 2.69. The standard InChI is InChI=1S/C15H9FN6O3/c16-9-2-1-7(21-5-18-19-6-21)3-10(9)22-11(23)4-8-12(13(22)17)15(25)20-14(8)24/h1-6H,17H2,(H,20,24,25). The number of pyridine rings is 1. The van der Waals surface area contributed by atoms with E-state index in [4.69, 9.17) is 5.73 Å². The maximum Gasteiger partial charge on any atom is 0.262 e. The smallest absolute Gasteiger partial charge is 0.262 e. The van der Waals surface area contributed by atoms with E-state index in [0.717, 1.165) is 16.7 Å². The molecule has 0 saturated heterocycles. The minimum Gasteiger partial charge on any atom is -0.384 e. The summed E-state index contributed by atoms with van der Waals surface area (Å²) in [6.45, 7) is 0. The second kappa shape index (κ2) is 5.09. The molecule has 4 rings (SSSR count). The number of halogens is 1. The van der Waals surface area contributed by atoms with Crippen LogP contribution in [0.25, 0.3) is 11.4 Å². The summed E-state index contributed by atoms with van der Waals surface area (Å²) in [7, 11) is 0. The van der Waals surface area contributed by atoms with Crippen molar-refractivity contribution < 1.29 is 14.0 Å². The normalized spacial score (nSPS) is 13.0. The summed E-state index contributed by atoms with van der Waals surface area (Å²) in [6.07, 6.45) is 2.80. The Kier molecular flexibility index (Phi) is 3.01. The predicted molar refractivity (Wildman–Crippen MR) is 83.1 cm³/mol. The molecular formula is C15H9FN6O3. The van der Waals surface area contributed by atoms with E-state index in [9.17, 15) is 18.8 Å². The van der Waals surface area contributed by atoms with Gasteiger partial charge in [-0.1, -0.05) is 0 Å². The third-order valence-corrected chi connectivity index (χ3v) is 3.84. The second-order valence-electron chi connectivity index (χ2n) is 5.28. The first-order valence-corrected chi connectivity index (χ1v) is 7.03. The molecular weight excluding hydrogens is 331 g/mol. The van der Waals surface area contributed by atoms with Gasteiger partial charge >= 0.3 is 0 Å². The molecule has 0 fully saturated rings. The van der Waals surface area contributed by atoms with E-state index >= 15 is 0 Å². The lowest BCUT2D eigenvalue weighted by atomic mass is 10.1. The number of carbonyl (C=O) groups excluding carboxylic acids is 2. The van der Waals surface area contributed by atoms with Gasteiger partial charge in [0.25, 0.3) is 17.4 Å². The van der Waals surface area contributed by atoms with E-state index in [1.165, 1.54) is 29.4 Å². The first-order valence-electron chi connectivity index (χ1n) is 7.03. The maximum atomic E-state index is 14.4. The molecule has 1 aliphatic heterocycles. The van der Waals surface area contributed by atoms with Crippen LogP contribution < -0.4 is 16.6 Å². The summed E-state index contributed by atoms with van der Waals surface area (Å²) in [5, 5.41) is 9.37. The number of nitrogens with zero attached hydrogens (tertiary/aromatic N) is 4. The van der Waals surface area contributed by atoms with E-state index in [1.807, 2.05) is 0 Å². The molecule has 0 atom stereocenters. The molecule has 0 radical (unpaired) electrons. The van der Waals surface area contributed by atoms with Gasteiger partial charge < -0.3 is 5.73 Å². The zero-order valence-corrected chi connectivity index (χ0v) is 12.4. The molecule has 2 aromatic heterocycles. The Morgan fingerprint density at radius 1 is 1.04 bits per heavy atom. The number of fused-ring (bicyclic) bond motifs is 1. The van der Waals surface area contributed by atoms with Gasteiger partial charge in [0.2, 0.25) is 0 Å². The molecule has 0 saturated carbocycles. The molecule has 9 nitrogen and oxygen atoms in total. The third kappa shape index (κ3) is 2.11. The number of benzene rings is 1. The molecule has 0 aliphatic carbocycles. The molecule has 124 valence electrons. The van der Waals surface area contributed by atoms with Gasteiger partial charge in [0, 0.05) is 6.07 Å². The summed E-state index contributed by atoms with van der Waals surface area (Å²) in [5.74, 6) is -2.49. The minimum absolute atomic E-state index is 0.126. The Bertz CT molecular complexity index is 1100. The molecule has 3 heterocycles. The lowest BCUT2D eigenvalue weighted by Gasteiger charge is -2.14. The van der Waals surface area contributed by atoms with Crippen molar-refractivity contribution in [1.29, 1.82) is 0 Å². The summed E-state index contributed by atoms with van der Waals surface area (Å²) in [6, 6.07) is 4.93. The van der Waals surface area contributed by atoms with Crippen LogP contribution in [0.1, 0.15) is 20.7 Å². The second-order valence-corrected chi connectivity index (χ2v) is 5.28. The van der Waals surface area contributed by atoms with Crippen molar-refractivity contribution in [3.05, 3.63) is 64.2 Å². The van der Waals surface area contributed by atoms with Crippen LogP contribution in [0.5, 0.6) is 0 Å². The predicted octanol–water partition coefficient (Wildman–Crippen LogP) is 0.0231. The van der Waals surface area contributed by atoms with Gasteiger partial charge in [0.05, 0.1) is 22.5 Å². The topological polar surface area (TPSA) is 125 Å². The van der Waals surface area contributed by atoms with Gasteiger partial charge in [-0.15, -0.1) is 10.2 Å². The van der Waals surface area contributed by atoms with Crippen LogP contribution in [0.2, 0.25) is 0 Å². The van der Waals surface area contributed by atoms with Gasteiger partial charge in [0.1, 0.15) is 24.3 Å². The molecule has 3 N–H and O–H groups in total. The lowest BCUT2D eigenvalue weighted by Crippen LogP contribution is -2.25. The van der Waals surface area contributed by atoms with Crippen molar-refractivity contribution in [3.63, 3.8) is 0 Å². The SMILES string of the molecule is Nc1c2c(cc(=O)n1-c1cc(-n3cnnc3)ccc1F)C(=O)NC2=O. The number of amides is 2. The molecule has 3 aromatic rings. The van der Waals surface area contributed by atoms with Gasteiger partial charge in [-0.25, -0.2) is 4.39 Å². The molecule has 0 unspecified atom stereocenters. The van der Waals surface area contributed by atoms with Crippen LogP contribution in [0.3, 0.4) is 0 Å². The molecule has 1 aliphatic rings. The van der Waals surface area contributed by atoms with Crippen molar-refractivity contribution in [2.24, 2.45) is 0 Å². The van der Waals surface area contributed by atoms with E-state index in [2.05, 4.69) is 15.5 Å². The highest BCUT2D eigenvalue weighted by atomic mass is 19.1. The van der Waals surface area contributed by atoms with Crippen LogP contribution in [0.15, 0.2) is 41.7 Å². The van der Waals surface area contributed by atoms with Gasteiger partial charge in [0.15, 0.2) is 0 Å². The van der Waals surface area contributed by atoms with Crippen LogP contribution in [0.4, 0.5) is 10.2 Å². The van der Waals surface area contributed by atoms with Crippen LogP contribution in [-0.2, 0) is 0 Å². The van der Waals surface area contributed by atoms with E-state index in [0.29, 0.717) is 5.69 Å². The monoisotopic (exact) mass is 340 g/mol. The minimum atomic E-state index is -0.735. The molecule has 0 spiro atoms. The lowest BCUT2D eigenvalue weighted by molar-refractivity contribution is 0.0880. The van der Waals surface area contributed by atoms with Gasteiger partial charge in [-0.2, -0.15) is 0 Å². The van der Waals surface area contributed by atoms with Crippen molar-refractivity contribution in [2.75, 3.05) is 5.73 Å². The van der Waals surface area contributed by atoms with Crippen molar-refractivity contribution >= 4 is 17.6 Å². The zero-order chi connectivity index (χ0) is 17.7. The average Bonchev–Trinajstić information content (AvgIpc) is 3.18. The Morgan fingerprint density at radius 2 is 1.76 bits per heavy atom. The number of hydrogen-bond acceptors (Lipinski definition) is 6. The number of anilines is 1. The highest BCUT2D eigenvalue weighted by Gasteiger charge is 2.32. The largest absolute Gasteiger partial charge is 0.384 e. The Hall–Kier alpha value is -3.82. The summed E-state index contributed by atoms with van der Waals surface area (Å²) < 4.78 is 16.7. The third-order valence-electron chi connectivity index (χ3n) is 3.84.